The van der Waals surface area contributed by atoms with Gasteiger partial charge in [-0.05, 0) is 40.5 Å². The van der Waals surface area contributed by atoms with Gasteiger partial charge in [0, 0.05) is 10.0 Å². The molecule has 0 spiro atoms. The number of nitrogens with two attached hydrogens (primary N) is 1. The van der Waals surface area contributed by atoms with E-state index in [0.717, 1.165) is 6.42 Å². The first-order chi connectivity index (χ1) is 8.35. The van der Waals surface area contributed by atoms with Crippen LogP contribution in [0.1, 0.15) is 25.3 Å². The molecule has 0 saturated heterocycles. The lowest BCUT2D eigenvalue weighted by molar-refractivity contribution is 0.598. The number of thiocarbonyl (C=S) groups is 1. The molecule has 0 aliphatic rings. The molecular formula is C11H15BrN2O2S2. The SMILES string of the molecule is CCCCS(=O)(=O)Nc1ccc(C(N)=S)cc1Br. The zero-order chi connectivity index (χ0) is 13.8. The number of benzene rings is 1. The smallest absolute Gasteiger partial charge is 0.232 e. The molecule has 1 aromatic carbocycles. The molecule has 4 nitrogen and oxygen atoms in total. The van der Waals surface area contributed by atoms with E-state index in [1.54, 1.807) is 18.2 Å². The predicted octanol–water partition coefficient (Wildman–Crippen LogP) is 2.63. The van der Waals surface area contributed by atoms with Crippen molar-refractivity contribution in [1.29, 1.82) is 0 Å². The molecular weight excluding hydrogens is 336 g/mol. The van der Waals surface area contributed by atoms with Crippen molar-refractivity contribution in [3.05, 3.63) is 28.2 Å². The quantitative estimate of drug-likeness (QED) is 0.773. The molecule has 18 heavy (non-hydrogen) atoms. The Morgan fingerprint density at radius 3 is 2.67 bits per heavy atom. The highest BCUT2D eigenvalue weighted by molar-refractivity contribution is 9.10. The molecule has 0 radical (unpaired) electrons. The average molecular weight is 351 g/mol. The van der Waals surface area contributed by atoms with Gasteiger partial charge in [-0.2, -0.15) is 0 Å². The highest BCUT2D eigenvalue weighted by Crippen LogP contribution is 2.24. The van der Waals surface area contributed by atoms with Crippen LogP contribution < -0.4 is 10.5 Å². The fourth-order valence-electron chi connectivity index (χ4n) is 1.30. The van der Waals surface area contributed by atoms with Gasteiger partial charge in [0.1, 0.15) is 4.99 Å². The Hall–Kier alpha value is -0.660. The minimum Gasteiger partial charge on any atom is -0.389 e. The summed E-state index contributed by atoms with van der Waals surface area (Å²) in [7, 11) is -3.30. The average Bonchev–Trinajstić information content (AvgIpc) is 2.29. The molecule has 1 aromatic rings. The summed E-state index contributed by atoms with van der Waals surface area (Å²) >= 11 is 8.14. The first-order valence-corrected chi connectivity index (χ1v) is 8.31. The van der Waals surface area contributed by atoms with Gasteiger partial charge in [0.2, 0.25) is 10.0 Å². The molecule has 0 heterocycles. The molecule has 0 atom stereocenters. The number of hydrogen-bond acceptors (Lipinski definition) is 3. The Morgan fingerprint density at radius 2 is 2.17 bits per heavy atom. The van der Waals surface area contributed by atoms with Gasteiger partial charge in [-0.15, -0.1) is 0 Å². The lowest BCUT2D eigenvalue weighted by atomic mass is 10.2. The third-order valence-corrected chi connectivity index (χ3v) is 4.53. The van der Waals surface area contributed by atoms with Gasteiger partial charge in [-0.3, -0.25) is 4.72 Å². The van der Waals surface area contributed by atoms with Gasteiger partial charge >= 0.3 is 0 Å². The normalized spacial score (nSPS) is 11.2. The highest BCUT2D eigenvalue weighted by Gasteiger charge is 2.12. The Morgan fingerprint density at radius 1 is 1.50 bits per heavy atom. The summed E-state index contributed by atoms with van der Waals surface area (Å²) in [5.74, 6) is 0.118. The summed E-state index contributed by atoms with van der Waals surface area (Å²) in [6.45, 7) is 1.95. The molecule has 1 rings (SSSR count). The molecule has 0 aliphatic carbocycles. The van der Waals surface area contributed by atoms with Gasteiger partial charge in [0.25, 0.3) is 0 Å². The molecule has 100 valence electrons. The zero-order valence-corrected chi connectivity index (χ0v) is 13.2. The van der Waals surface area contributed by atoms with E-state index in [1.807, 2.05) is 6.92 Å². The molecule has 0 fully saturated rings. The van der Waals surface area contributed by atoms with Crippen molar-refractivity contribution >= 4 is 48.8 Å². The van der Waals surface area contributed by atoms with Crippen LogP contribution in [0.2, 0.25) is 0 Å². The monoisotopic (exact) mass is 350 g/mol. The second-order valence-corrected chi connectivity index (χ2v) is 6.97. The first kappa shape index (κ1) is 15.4. The molecule has 0 amide bonds. The van der Waals surface area contributed by atoms with Crippen molar-refractivity contribution in [2.45, 2.75) is 19.8 Å². The Balaban J connectivity index is 2.89. The molecule has 0 bridgehead atoms. The number of nitrogens with one attached hydrogen (secondary N) is 1. The molecule has 0 aromatic heterocycles. The summed E-state index contributed by atoms with van der Waals surface area (Å²) in [5, 5.41) is 0. The van der Waals surface area contributed by atoms with Crippen molar-refractivity contribution in [3.8, 4) is 0 Å². The van der Waals surface area contributed by atoms with Gasteiger partial charge in [-0.1, -0.05) is 25.6 Å². The fourth-order valence-corrected chi connectivity index (χ4v) is 3.32. The van der Waals surface area contributed by atoms with Crippen LogP contribution in [0, 0.1) is 0 Å². The van der Waals surface area contributed by atoms with E-state index in [0.29, 0.717) is 22.1 Å². The van der Waals surface area contributed by atoms with Crippen LogP contribution in [0.3, 0.4) is 0 Å². The number of rotatable bonds is 6. The number of unbranched alkanes of at least 4 members (excludes halogenated alkanes) is 1. The summed E-state index contributed by atoms with van der Waals surface area (Å²) < 4.78 is 26.6. The van der Waals surface area contributed by atoms with Crippen LogP contribution in [0.4, 0.5) is 5.69 Å². The van der Waals surface area contributed by atoms with Crippen molar-refractivity contribution in [1.82, 2.24) is 0 Å². The third kappa shape index (κ3) is 4.55. The maximum absolute atomic E-state index is 11.7. The van der Waals surface area contributed by atoms with Gasteiger partial charge < -0.3 is 5.73 Å². The minimum atomic E-state index is -3.30. The zero-order valence-electron chi connectivity index (χ0n) is 9.94. The number of hydrogen-bond donors (Lipinski definition) is 2. The predicted molar refractivity (Wildman–Crippen MR) is 82.3 cm³/mol. The molecule has 7 heteroatoms. The molecule has 3 N–H and O–H groups in total. The van der Waals surface area contributed by atoms with Gasteiger partial charge in [0.15, 0.2) is 0 Å². The maximum atomic E-state index is 11.7. The lowest BCUT2D eigenvalue weighted by Gasteiger charge is -2.10. The minimum absolute atomic E-state index is 0.118. The van der Waals surface area contributed by atoms with E-state index in [2.05, 4.69) is 20.7 Å². The van der Waals surface area contributed by atoms with Gasteiger partial charge in [0.05, 0.1) is 11.4 Å². The van der Waals surface area contributed by atoms with E-state index < -0.39 is 10.0 Å². The maximum Gasteiger partial charge on any atom is 0.232 e. The largest absolute Gasteiger partial charge is 0.389 e. The summed E-state index contributed by atoms with van der Waals surface area (Å²) in [5.41, 5.74) is 6.68. The van der Waals surface area contributed by atoms with Gasteiger partial charge in [-0.25, -0.2) is 8.42 Å². The van der Waals surface area contributed by atoms with Crippen molar-refractivity contribution in [3.63, 3.8) is 0 Å². The van der Waals surface area contributed by atoms with Crippen LogP contribution in [0.25, 0.3) is 0 Å². The number of sulfonamides is 1. The van der Waals surface area contributed by atoms with Crippen LogP contribution in [0.15, 0.2) is 22.7 Å². The van der Waals surface area contributed by atoms with Crippen LogP contribution in [-0.4, -0.2) is 19.2 Å². The van der Waals surface area contributed by atoms with E-state index in [4.69, 9.17) is 18.0 Å². The van der Waals surface area contributed by atoms with Crippen molar-refractivity contribution in [2.75, 3.05) is 10.5 Å². The topological polar surface area (TPSA) is 72.2 Å². The van der Waals surface area contributed by atoms with E-state index in [-0.39, 0.29) is 10.7 Å². The Labute approximate surface area is 121 Å². The first-order valence-electron chi connectivity index (χ1n) is 5.45. The lowest BCUT2D eigenvalue weighted by Crippen LogP contribution is -2.17. The van der Waals surface area contributed by atoms with Crippen molar-refractivity contribution in [2.24, 2.45) is 5.73 Å². The van der Waals surface area contributed by atoms with Crippen LogP contribution >= 0.6 is 28.1 Å². The molecule has 0 saturated carbocycles. The molecule has 0 aliphatic heterocycles. The fraction of sp³-hybridized carbons (Fsp3) is 0.364. The van der Waals surface area contributed by atoms with Crippen molar-refractivity contribution < 1.29 is 8.42 Å². The number of halogens is 1. The summed E-state index contributed by atoms with van der Waals surface area (Å²) in [6.07, 6.45) is 1.47. The van der Waals surface area contributed by atoms with Crippen LogP contribution in [-0.2, 0) is 10.0 Å². The highest BCUT2D eigenvalue weighted by atomic mass is 79.9. The second kappa shape index (κ2) is 6.49. The van der Waals surface area contributed by atoms with E-state index in [9.17, 15) is 8.42 Å². The molecule has 0 unspecified atom stereocenters. The summed E-state index contributed by atoms with van der Waals surface area (Å²) in [4.78, 5) is 0.274. The number of anilines is 1. The van der Waals surface area contributed by atoms with E-state index in [1.165, 1.54) is 0 Å². The van der Waals surface area contributed by atoms with E-state index >= 15 is 0 Å². The Kier molecular flexibility index (Phi) is 5.55. The third-order valence-electron chi connectivity index (χ3n) is 2.29. The Bertz CT molecular complexity index is 544. The summed E-state index contributed by atoms with van der Waals surface area (Å²) in [6, 6.07) is 5.02. The van der Waals surface area contributed by atoms with Crippen LogP contribution in [0.5, 0.6) is 0 Å². The second-order valence-electron chi connectivity index (χ2n) is 3.83. The standard InChI is InChI=1S/C11H15BrN2O2S2/c1-2-3-6-18(15,16)14-10-5-4-8(11(13)17)7-9(10)12/h4-5,7,14H,2-3,6H2,1H3,(H2,13,17).